The van der Waals surface area contributed by atoms with Crippen molar-refractivity contribution in [2.24, 2.45) is 0 Å². The van der Waals surface area contributed by atoms with Crippen molar-refractivity contribution in [2.45, 2.75) is 26.3 Å². The van der Waals surface area contributed by atoms with E-state index in [1.807, 2.05) is 0 Å². The van der Waals surface area contributed by atoms with E-state index in [1.165, 1.54) is 6.42 Å². The Bertz CT molecular complexity index is 95.3. The standard InChI is InChI=1S/C8H17NO/c1-3-9-5-7-10-6-4-8(9)2/h8H,3-7H2,1-2H3. The van der Waals surface area contributed by atoms with Crippen molar-refractivity contribution in [1.82, 2.24) is 4.90 Å². The fourth-order valence-electron chi connectivity index (χ4n) is 1.41. The van der Waals surface area contributed by atoms with E-state index in [0.29, 0.717) is 6.04 Å². The van der Waals surface area contributed by atoms with Gasteiger partial charge in [0.15, 0.2) is 0 Å². The van der Waals surface area contributed by atoms with Gasteiger partial charge < -0.3 is 4.74 Å². The smallest absolute Gasteiger partial charge is 0.0593 e. The quantitative estimate of drug-likeness (QED) is 0.545. The molecule has 1 saturated heterocycles. The van der Waals surface area contributed by atoms with Crippen molar-refractivity contribution >= 4 is 0 Å². The third-order valence-electron chi connectivity index (χ3n) is 2.23. The summed E-state index contributed by atoms with van der Waals surface area (Å²) in [7, 11) is 0. The molecule has 1 aliphatic heterocycles. The Morgan fingerprint density at radius 2 is 2.30 bits per heavy atom. The van der Waals surface area contributed by atoms with Gasteiger partial charge in [-0.2, -0.15) is 0 Å². The Balaban J connectivity index is 2.35. The molecule has 0 aromatic carbocycles. The largest absolute Gasteiger partial charge is 0.380 e. The summed E-state index contributed by atoms with van der Waals surface area (Å²) in [6.07, 6.45) is 1.19. The highest BCUT2D eigenvalue weighted by Gasteiger charge is 2.14. The molecule has 0 aliphatic carbocycles. The third-order valence-corrected chi connectivity index (χ3v) is 2.23. The van der Waals surface area contributed by atoms with Crippen LogP contribution in [0.1, 0.15) is 20.3 Å². The van der Waals surface area contributed by atoms with Gasteiger partial charge in [-0.3, -0.25) is 4.90 Å². The Morgan fingerprint density at radius 1 is 1.50 bits per heavy atom. The van der Waals surface area contributed by atoms with E-state index in [2.05, 4.69) is 18.7 Å². The normalized spacial score (nSPS) is 30.0. The molecule has 1 fully saturated rings. The fourth-order valence-corrected chi connectivity index (χ4v) is 1.41. The zero-order valence-corrected chi connectivity index (χ0v) is 6.97. The fraction of sp³-hybridized carbons (Fsp3) is 1.00. The molecule has 1 rings (SSSR count). The summed E-state index contributed by atoms with van der Waals surface area (Å²) >= 11 is 0. The second kappa shape index (κ2) is 3.94. The lowest BCUT2D eigenvalue weighted by Gasteiger charge is -2.23. The third kappa shape index (κ3) is 1.96. The van der Waals surface area contributed by atoms with Crippen LogP contribution in [0.2, 0.25) is 0 Å². The zero-order valence-electron chi connectivity index (χ0n) is 6.97. The van der Waals surface area contributed by atoms with Crippen LogP contribution < -0.4 is 0 Å². The van der Waals surface area contributed by atoms with Gasteiger partial charge in [0.2, 0.25) is 0 Å². The number of likely N-dealkylation sites (N-methyl/N-ethyl adjacent to an activating group) is 1. The van der Waals surface area contributed by atoms with E-state index in [0.717, 1.165) is 26.3 Å². The molecule has 60 valence electrons. The molecular formula is C8H17NO. The van der Waals surface area contributed by atoms with Gasteiger partial charge in [0, 0.05) is 19.2 Å². The molecule has 0 bridgehead atoms. The average Bonchev–Trinajstić information content (AvgIpc) is 2.13. The molecule has 0 aromatic rings. The van der Waals surface area contributed by atoms with Crippen molar-refractivity contribution in [3.05, 3.63) is 0 Å². The van der Waals surface area contributed by atoms with Crippen LogP contribution in [0, 0.1) is 0 Å². The van der Waals surface area contributed by atoms with Crippen LogP contribution in [0.5, 0.6) is 0 Å². The summed E-state index contributed by atoms with van der Waals surface area (Å²) in [6.45, 7) is 8.61. The highest BCUT2D eigenvalue weighted by atomic mass is 16.5. The van der Waals surface area contributed by atoms with E-state index in [4.69, 9.17) is 4.74 Å². The molecule has 0 N–H and O–H groups in total. The topological polar surface area (TPSA) is 12.5 Å². The first-order chi connectivity index (χ1) is 4.84. The molecule has 10 heavy (non-hydrogen) atoms. The van der Waals surface area contributed by atoms with Crippen molar-refractivity contribution in [3.63, 3.8) is 0 Å². The first kappa shape index (κ1) is 8.02. The summed E-state index contributed by atoms with van der Waals surface area (Å²) in [6, 6.07) is 0.715. The molecule has 1 heterocycles. The minimum Gasteiger partial charge on any atom is -0.380 e. The van der Waals surface area contributed by atoms with Crippen molar-refractivity contribution in [3.8, 4) is 0 Å². The molecule has 2 nitrogen and oxygen atoms in total. The van der Waals surface area contributed by atoms with E-state index < -0.39 is 0 Å². The molecule has 1 atom stereocenters. The Hall–Kier alpha value is -0.0800. The monoisotopic (exact) mass is 143 g/mol. The molecule has 1 aliphatic rings. The zero-order chi connectivity index (χ0) is 7.40. The Morgan fingerprint density at radius 3 is 3.00 bits per heavy atom. The van der Waals surface area contributed by atoms with Crippen LogP contribution in [0.15, 0.2) is 0 Å². The minimum absolute atomic E-state index is 0.715. The first-order valence-electron chi connectivity index (χ1n) is 4.16. The van der Waals surface area contributed by atoms with E-state index in [-0.39, 0.29) is 0 Å². The van der Waals surface area contributed by atoms with Gasteiger partial charge >= 0.3 is 0 Å². The maximum absolute atomic E-state index is 5.36. The summed E-state index contributed by atoms with van der Waals surface area (Å²) in [5.41, 5.74) is 0. The molecule has 0 aromatic heterocycles. The molecule has 1 unspecified atom stereocenters. The molecular weight excluding hydrogens is 126 g/mol. The van der Waals surface area contributed by atoms with Crippen LogP contribution in [0.3, 0.4) is 0 Å². The Labute approximate surface area is 63.2 Å². The van der Waals surface area contributed by atoms with Crippen LogP contribution >= 0.6 is 0 Å². The van der Waals surface area contributed by atoms with Gasteiger partial charge in [-0.1, -0.05) is 6.92 Å². The van der Waals surface area contributed by atoms with E-state index in [1.54, 1.807) is 0 Å². The summed E-state index contributed by atoms with van der Waals surface area (Å²) in [5.74, 6) is 0. The van der Waals surface area contributed by atoms with Gasteiger partial charge in [-0.05, 0) is 19.9 Å². The second-order valence-corrected chi connectivity index (χ2v) is 2.88. The van der Waals surface area contributed by atoms with Crippen molar-refractivity contribution in [1.29, 1.82) is 0 Å². The molecule has 0 amide bonds. The predicted molar refractivity (Wildman–Crippen MR) is 42.1 cm³/mol. The van der Waals surface area contributed by atoms with Crippen molar-refractivity contribution < 1.29 is 4.74 Å². The Kier molecular flexibility index (Phi) is 3.16. The molecule has 0 saturated carbocycles. The van der Waals surface area contributed by atoms with Gasteiger partial charge in [0.25, 0.3) is 0 Å². The number of hydrogen-bond donors (Lipinski definition) is 0. The molecule has 0 radical (unpaired) electrons. The van der Waals surface area contributed by atoms with Crippen molar-refractivity contribution in [2.75, 3.05) is 26.3 Å². The first-order valence-corrected chi connectivity index (χ1v) is 4.16. The highest BCUT2D eigenvalue weighted by molar-refractivity contribution is 4.67. The predicted octanol–water partition coefficient (Wildman–Crippen LogP) is 1.12. The van der Waals surface area contributed by atoms with Gasteiger partial charge in [0.05, 0.1) is 6.61 Å². The van der Waals surface area contributed by atoms with Crippen LogP contribution in [0.4, 0.5) is 0 Å². The lowest BCUT2D eigenvalue weighted by molar-refractivity contribution is 0.142. The second-order valence-electron chi connectivity index (χ2n) is 2.88. The number of nitrogens with zero attached hydrogens (tertiary/aromatic N) is 1. The number of ether oxygens (including phenoxy) is 1. The van der Waals surface area contributed by atoms with Gasteiger partial charge in [-0.15, -0.1) is 0 Å². The summed E-state index contributed by atoms with van der Waals surface area (Å²) in [5, 5.41) is 0. The lowest BCUT2D eigenvalue weighted by Crippen LogP contribution is -2.33. The van der Waals surface area contributed by atoms with E-state index in [9.17, 15) is 0 Å². The lowest BCUT2D eigenvalue weighted by atomic mass is 10.2. The van der Waals surface area contributed by atoms with Gasteiger partial charge in [-0.25, -0.2) is 0 Å². The molecule has 2 heteroatoms. The SMILES string of the molecule is CCN1CCOCCC1C. The molecule has 0 spiro atoms. The summed E-state index contributed by atoms with van der Waals surface area (Å²) < 4.78 is 5.36. The maximum atomic E-state index is 5.36. The maximum Gasteiger partial charge on any atom is 0.0593 e. The highest BCUT2D eigenvalue weighted by Crippen LogP contribution is 2.06. The van der Waals surface area contributed by atoms with Crippen LogP contribution in [-0.2, 0) is 4.74 Å². The van der Waals surface area contributed by atoms with Gasteiger partial charge in [0.1, 0.15) is 0 Å². The minimum atomic E-state index is 0.715. The van der Waals surface area contributed by atoms with Crippen LogP contribution in [0.25, 0.3) is 0 Å². The van der Waals surface area contributed by atoms with Crippen LogP contribution in [-0.4, -0.2) is 37.2 Å². The average molecular weight is 143 g/mol. The summed E-state index contributed by atoms with van der Waals surface area (Å²) in [4.78, 5) is 2.47. The number of rotatable bonds is 1. The van der Waals surface area contributed by atoms with E-state index >= 15 is 0 Å². The number of hydrogen-bond acceptors (Lipinski definition) is 2.